The Morgan fingerprint density at radius 1 is 1.37 bits per heavy atom. The van der Waals surface area contributed by atoms with Crippen LogP contribution in [0.15, 0.2) is 30.9 Å². The molecule has 1 aromatic rings. The zero-order valence-corrected chi connectivity index (χ0v) is 11.7. The van der Waals surface area contributed by atoms with Gasteiger partial charge in [-0.15, -0.1) is 6.58 Å². The lowest BCUT2D eigenvalue weighted by molar-refractivity contribution is 0.282. The van der Waals surface area contributed by atoms with Crippen LogP contribution >= 0.6 is 0 Å². The minimum atomic E-state index is 0.106. The van der Waals surface area contributed by atoms with E-state index in [0.717, 1.165) is 36.4 Å². The van der Waals surface area contributed by atoms with Crippen molar-refractivity contribution in [1.82, 2.24) is 5.32 Å². The summed E-state index contributed by atoms with van der Waals surface area (Å²) in [6.45, 7) is 4.72. The molecule has 0 spiro atoms. The van der Waals surface area contributed by atoms with Gasteiger partial charge in [-0.3, -0.25) is 0 Å². The quantitative estimate of drug-likeness (QED) is 0.531. The Morgan fingerprint density at radius 3 is 2.74 bits per heavy atom. The first-order chi connectivity index (χ1) is 9.26. The fraction of sp³-hybridized carbons (Fsp3) is 0.467. The molecule has 4 heteroatoms. The molecule has 0 aliphatic rings. The highest BCUT2D eigenvalue weighted by Gasteiger charge is 2.15. The van der Waals surface area contributed by atoms with Crippen molar-refractivity contribution in [1.29, 1.82) is 0 Å². The fourth-order valence-electron chi connectivity index (χ4n) is 1.95. The summed E-state index contributed by atoms with van der Waals surface area (Å²) in [6, 6.07) is 5.85. The van der Waals surface area contributed by atoms with E-state index in [1.54, 1.807) is 14.2 Å². The van der Waals surface area contributed by atoms with Crippen molar-refractivity contribution >= 4 is 0 Å². The van der Waals surface area contributed by atoms with E-state index in [9.17, 15) is 0 Å². The SMILES string of the molecule is C=CCC(NCCCO)c1cc(OC)ccc1OC. The van der Waals surface area contributed by atoms with Crippen LogP contribution in [0.25, 0.3) is 0 Å². The minimum absolute atomic E-state index is 0.106. The molecule has 1 atom stereocenters. The molecule has 1 unspecified atom stereocenters. The van der Waals surface area contributed by atoms with Crippen LogP contribution in [0.5, 0.6) is 11.5 Å². The summed E-state index contributed by atoms with van der Waals surface area (Å²) in [7, 11) is 3.30. The molecule has 0 aromatic heterocycles. The summed E-state index contributed by atoms with van der Waals surface area (Å²) < 4.78 is 10.7. The van der Waals surface area contributed by atoms with Crippen LogP contribution < -0.4 is 14.8 Å². The largest absolute Gasteiger partial charge is 0.497 e. The van der Waals surface area contributed by atoms with Gasteiger partial charge >= 0.3 is 0 Å². The van der Waals surface area contributed by atoms with E-state index in [1.165, 1.54) is 0 Å². The molecule has 0 fully saturated rings. The van der Waals surface area contributed by atoms with E-state index in [1.807, 2.05) is 24.3 Å². The first-order valence-corrected chi connectivity index (χ1v) is 6.43. The number of rotatable bonds is 9. The maximum Gasteiger partial charge on any atom is 0.123 e. The van der Waals surface area contributed by atoms with E-state index in [2.05, 4.69) is 11.9 Å². The summed E-state index contributed by atoms with van der Waals surface area (Å²) in [4.78, 5) is 0. The fourth-order valence-corrected chi connectivity index (χ4v) is 1.95. The summed E-state index contributed by atoms with van der Waals surface area (Å²) in [6.07, 6.45) is 3.38. The second kappa shape index (κ2) is 8.56. The molecule has 0 radical (unpaired) electrons. The van der Waals surface area contributed by atoms with Crippen LogP contribution in [0.3, 0.4) is 0 Å². The number of hydrogen-bond acceptors (Lipinski definition) is 4. The second-order valence-electron chi connectivity index (χ2n) is 4.22. The Morgan fingerprint density at radius 2 is 2.16 bits per heavy atom. The number of aliphatic hydroxyl groups is 1. The molecule has 0 aliphatic heterocycles. The van der Waals surface area contributed by atoms with E-state index >= 15 is 0 Å². The average Bonchev–Trinajstić information content (AvgIpc) is 2.46. The molecule has 4 nitrogen and oxygen atoms in total. The zero-order chi connectivity index (χ0) is 14.1. The molecule has 1 aromatic carbocycles. The molecule has 1 rings (SSSR count). The summed E-state index contributed by atoms with van der Waals surface area (Å²) in [5, 5.41) is 12.3. The van der Waals surface area contributed by atoms with Gasteiger partial charge in [0.1, 0.15) is 11.5 Å². The smallest absolute Gasteiger partial charge is 0.123 e. The second-order valence-corrected chi connectivity index (χ2v) is 4.22. The summed E-state index contributed by atoms with van der Waals surface area (Å²) in [5.41, 5.74) is 1.04. The highest BCUT2D eigenvalue weighted by Crippen LogP contribution is 2.31. The third-order valence-electron chi connectivity index (χ3n) is 2.94. The molecular formula is C15H23NO3. The molecule has 106 valence electrons. The van der Waals surface area contributed by atoms with Gasteiger partial charge in [0.05, 0.1) is 14.2 Å². The van der Waals surface area contributed by atoms with Crippen molar-refractivity contribution in [3.8, 4) is 11.5 Å². The van der Waals surface area contributed by atoms with E-state index in [0.29, 0.717) is 0 Å². The zero-order valence-electron chi connectivity index (χ0n) is 11.7. The molecule has 19 heavy (non-hydrogen) atoms. The van der Waals surface area contributed by atoms with Crippen molar-refractivity contribution in [2.75, 3.05) is 27.4 Å². The van der Waals surface area contributed by atoms with Crippen LogP contribution in [-0.2, 0) is 0 Å². The third kappa shape index (κ3) is 4.58. The van der Waals surface area contributed by atoms with E-state index in [-0.39, 0.29) is 12.6 Å². The molecular weight excluding hydrogens is 242 g/mol. The first kappa shape index (κ1) is 15.5. The number of methoxy groups -OCH3 is 2. The minimum Gasteiger partial charge on any atom is -0.497 e. The van der Waals surface area contributed by atoms with Gasteiger partial charge in [-0.2, -0.15) is 0 Å². The van der Waals surface area contributed by atoms with Crippen molar-refractivity contribution in [3.63, 3.8) is 0 Å². The summed E-state index contributed by atoms with van der Waals surface area (Å²) in [5.74, 6) is 1.62. The molecule has 0 heterocycles. The molecule has 2 N–H and O–H groups in total. The Kier molecular flexibility index (Phi) is 7.00. The van der Waals surface area contributed by atoms with Crippen LogP contribution in [0.4, 0.5) is 0 Å². The lowest BCUT2D eigenvalue weighted by Gasteiger charge is -2.20. The molecule has 0 saturated heterocycles. The monoisotopic (exact) mass is 265 g/mol. The molecule has 0 bridgehead atoms. The highest BCUT2D eigenvalue weighted by atomic mass is 16.5. The van der Waals surface area contributed by atoms with E-state index in [4.69, 9.17) is 14.6 Å². The van der Waals surface area contributed by atoms with Gasteiger partial charge in [-0.1, -0.05) is 6.08 Å². The van der Waals surface area contributed by atoms with E-state index < -0.39 is 0 Å². The predicted molar refractivity (Wildman–Crippen MR) is 76.8 cm³/mol. The highest BCUT2D eigenvalue weighted by molar-refractivity contribution is 5.42. The van der Waals surface area contributed by atoms with Gasteiger partial charge in [0, 0.05) is 18.2 Å². The number of nitrogens with one attached hydrogen (secondary N) is 1. The lowest BCUT2D eigenvalue weighted by atomic mass is 10.0. The Bertz CT molecular complexity index is 393. The lowest BCUT2D eigenvalue weighted by Crippen LogP contribution is -2.23. The Labute approximate surface area is 115 Å². The first-order valence-electron chi connectivity index (χ1n) is 6.43. The standard InChI is InChI=1S/C15H23NO3/c1-4-6-14(16-9-5-10-17)13-11-12(18-2)7-8-15(13)19-3/h4,7-8,11,14,16-17H,1,5-6,9-10H2,2-3H3. The third-order valence-corrected chi connectivity index (χ3v) is 2.94. The topological polar surface area (TPSA) is 50.7 Å². The van der Waals surface area contributed by atoms with Gasteiger partial charge in [0.15, 0.2) is 0 Å². The van der Waals surface area contributed by atoms with Gasteiger partial charge in [0.25, 0.3) is 0 Å². The number of hydrogen-bond donors (Lipinski definition) is 2. The Balaban J connectivity index is 2.94. The number of aliphatic hydroxyl groups excluding tert-OH is 1. The van der Waals surface area contributed by atoms with Gasteiger partial charge in [-0.25, -0.2) is 0 Å². The van der Waals surface area contributed by atoms with Crippen molar-refractivity contribution in [2.45, 2.75) is 18.9 Å². The normalized spacial score (nSPS) is 11.9. The maximum atomic E-state index is 8.86. The van der Waals surface area contributed by atoms with Gasteiger partial charge < -0.3 is 19.9 Å². The number of benzene rings is 1. The molecule has 0 saturated carbocycles. The predicted octanol–water partition coefficient (Wildman–Crippen LogP) is 2.29. The molecule has 0 aliphatic carbocycles. The Hall–Kier alpha value is -1.52. The van der Waals surface area contributed by atoms with Crippen molar-refractivity contribution in [3.05, 3.63) is 36.4 Å². The van der Waals surface area contributed by atoms with Crippen LogP contribution in [0.1, 0.15) is 24.4 Å². The van der Waals surface area contributed by atoms with Crippen LogP contribution in [0, 0.1) is 0 Å². The maximum absolute atomic E-state index is 8.86. The van der Waals surface area contributed by atoms with Gasteiger partial charge in [0.2, 0.25) is 0 Å². The average molecular weight is 265 g/mol. The van der Waals surface area contributed by atoms with Crippen molar-refractivity contribution in [2.24, 2.45) is 0 Å². The number of ether oxygens (including phenoxy) is 2. The van der Waals surface area contributed by atoms with Gasteiger partial charge in [-0.05, 0) is 37.6 Å². The molecule has 0 amide bonds. The summed E-state index contributed by atoms with van der Waals surface area (Å²) >= 11 is 0. The van der Waals surface area contributed by atoms with Crippen LogP contribution in [-0.4, -0.2) is 32.5 Å². The van der Waals surface area contributed by atoms with Crippen molar-refractivity contribution < 1.29 is 14.6 Å². The van der Waals surface area contributed by atoms with Crippen LogP contribution in [0.2, 0.25) is 0 Å².